The largest absolute Gasteiger partial charge is 0.432 e. The fraction of sp³-hybridized carbons (Fsp3) is 0.200. The van der Waals surface area contributed by atoms with Crippen LogP contribution in [0.1, 0.15) is 5.56 Å². The standard InChI is InChI=1S/C15H15F3N2O/c1-9-4-3-5-10(6-9)20(2)13-8-14(21-15(17)18)11(16)7-12(13)19/h3-8,15H,19H2,1-2H3. The summed E-state index contributed by atoms with van der Waals surface area (Å²) in [6.45, 7) is -1.17. The van der Waals surface area contributed by atoms with Gasteiger partial charge in [0, 0.05) is 24.9 Å². The van der Waals surface area contributed by atoms with Crippen LogP contribution in [-0.4, -0.2) is 13.7 Å². The van der Waals surface area contributed by atoms with Crippen LogP contribution in [0.3, 0.4) is 0 Å². The summed E-state index contributed by atoms with van der Waals surface area (Å²) < 4.78 is 42.3. The van der Waals surface area contributed by atoms with Gasteiger partial charge in [-0.2, -0.15) is 8.78 Å². The highest BCUT2D eigenvalue weighted by atomic mass is 19.3. The quantitative estimate of drug-likeness (QED) is 0.864. The number of hydrogen-bond donors (Lipinski definition) is 1. The smallest absolute Gasteiger partial charge is 0.387 e. The van der Waals surface area contributed by atoms with Gasteiger partial charge in [-0.15, -0.1) is 0 Å². The summed E-state index contributed by atoms with van der Waals surface area (Å²) >= 11 is 0. The molecular formula is C15H15F3N2O. The lowest BCUT2D eigenvalue weighted by Crippen LogP contribution is -2.13. The Bertz CT molecular complexity index is 647. The lowest BCUT2D eigenvalue weighted by molar-refractivity contribution is -0.0521. The average Bonchev–Trinajstić information content (AvgIpc) is 2.40. The maximum Gasteiger partial charge on any atom is 0.387 e. The van der Waals surface area contributed by atoms with E-state index in [4.69, 9.17) is 5.73 Å². The van der Waals surface area contributed by atoms with E-state index in [1.165, 1.54) is 6.07 Å². The predicted octanol–water partition coefficient (Wildman–Crippen LogP) is 4.09. The Morgan fingerprint density at radius 1 is 1.19 bits per heavy atom. The van der Waals surface area contributed by atoms with Crippen molar-refractivity contribution in [1.82, 2.24) is 0 Å². The first-order chi connectivity index (χ1) is 9.88. The molecule has 2 rings (SSSR count). The van der Waals surface area contributed by atoms with Crippen molar-refractivity contribution in [2.24, 2.45) is 0 Å². The van der Waals surface area contributed by atoms with Crippen molar-refractivity contribution in [2.45, 2.75) is 13.5 Å². The summed E-state index contributed by atoms with van der Waals surface area (Å²) in [5, 5.41) is 0. The van der Waals surface area contributed by atoms with Gasteiger partial charge >= 0.3 is 6.61 Å². The number of aryl methyl sites for hydroxylation is 1. The van der Waals surface area contributed by atoms with E-state index in [2.05, 4.69) is 4.74 Å². The van der Waals surface area contributed by atoms with Crippen LogP contribution in [0.15, 0.2) is 36.4 Å². The molecule has 0 saturated carbocycles. The molecule has 0 aliphatic carbocycles. The Morgan fingerprint density at radius 2 is 1.90 bits per heavy atom. The SMILES string of the molecule is Cc1cccc(N(C)c2cc(OC(F)F)c(F)cc2N)c1. The van der Waals surface area contributed by atoms with E-state index in [9.17, 15) is 13.2 Å². The summed E-state index contributed by atoms with van der Waals surface area (Å²) in [5.74, 6) is -1.46. The third-order valence-electron chi connectivity index (χ3n) is 3.05. The van der Waals surface area contributed by atoms with Gasteiger partial charge in [-0.1, -0.05) is 12.1 Å². The number of benzene rings is 2. The van der Waals surface area contributed by atoms with Gasteiger partial charge in [0.05, 0.1) is 11.4 Å². The summed E-state index contributed by atoms with van der Waals surface area (Å²) in [4.78, 5) is 1.68. The van der Waals surface area contributed by atoms with Crippen LogP contribution in [0, 0.1) is 12.7 Å². The van der Waals surface area contributed by atoms with E-state index in [0.29, 0.717) is 5.69 Å². The van der Waals surface area contributed by atoms with E-state index in [1.807, 2.05) is 31.2 Å². The van der Waals surface area contributed by atoms with E-state index in [1.54, 1.807) is 11.9 Å². The average molecular weight is 296 g/mol. The molecule has 2 aromatic rings. The zero-order valence-corrected chi connectivity index (χ0v) is 11.6. The second-order valence-corrected chi connectivity index (χ2v) is 4.62. The van der Waals surface area contributed by atoms with Crippen LogP contribution in [0.2, 0.25) is 0 Å². The van der Waals surface area contributed by atoms with Crippen molar-refractivity contribution >= 4 is 17.1 Å². The number of anilines is 3. The first-order valence-corrected chi connectivity index (χ1v) is 6.22. The second kappa shape index (κ2) is 5.95. The number of hydrogen-bond acceptors (Lipinski definition) is 3. The fourth-order valence-corrected chi connectivity index (χ4v) is 2.01. The van der Waals surface area contributed by atoms with Gasteiger partial charge < -0.3 is 15.4 Å². The first-order valence-electron chi connectivity index (χ1n) is 6.22. The third kappa shape index (κ3) is 3.39. The van der Waals surface area contributed by atoms with Crippen molar-refractivity contribution < 1.29 is 17.9 Å². The highest BCUT2D eigenvalue weighted by Crippen LogP contribution is 2.35. The first kappa shape index (κ1) is 15.0. The lowest BCUT2D eigenvalue weighted by atomic mass is 10.1. The molecule has 2 N–H and O–H groups in total. The minimum atomic E-state index is -3.10. The molecule has 0 unspecified atom stereocenters. The number of rotatable bonds is 4. The van der Waals surface area contributed by atoms with Gasteiger partial charge in [0.2, 0.25) is 0 Å². The molecule has 0 aliphatic heterocycles. The van der Waals surface area contributed by atoms with Gasteiger partial charge in [-0.25, -0.2) is 4.39 Å². The van der Waals surface area contributed by atoms with Crippen molar-refractivity contribution in [2.75, 3.05) is 17.7 Å². The molecular weight excluding hydrogens is 281 g/mol. The minimum Gasteiger partial charge on any atom is -0.432 e. The van der Waals surface area contributed by atoms with Crippen LogP contribution >= 0.6 is 0 Å². The Hall–Kier alpha value is -2.37. The molecule has 0 bridgehead atoms. The Morgan fingerprint density at radius 3 is 2.52 bits per heavy atom. The summed E-state index contributed by atoms with van der Waals surface area (Å²) in [5.41, 5.74) is 8.13. The van der Waals surface area contributed by atoms with Crippen molar-refractivity contribution in [3.05, 3.63) is 47.8 Å². The van der Waals surface area contributed by atoms with Crippen molar-refractivity contribution in [3.8, 4) is 5.75 Å². The Labute approximate surface area is 120 Å². The number of nitrogens with zero attached hydrogens (tertiary/aromatic N) is 1. The van der Waals surface area contributed by atoms with Crippen molar-refractivity contribution in [1.29, 1.82) is 0 Å². The maximum absolute atomic E-state index is 13.6. The number of nitrogens with two attached hydrogens (primary N) is 1. The number of halogens is 3. The Balaban J connectivity index is 2.42. The fourth-order valence-electron chi connectivity index (χ4n) is 2.01. The molecule has 0 atom stereocenters. The minimum absolute atomic E-state index is 0.137. The van der Waals surface area contributed by atoms with Gasteiger partial charge in [-0.05, 0) is 24.6 Å². The van der Waals surface area contributed by atoms with Crippen LogP contribution < -0.4 is 15.4 Å². The van der Waals surface area contributed by atoms with Crippen LogP contribution in [0.4, 0.5) is 30.2 Å². The number of nitrogen functional groups attached to an aromatic ring is 1. The molecule has 0 amide bonds. The normalized spacial score (nSPS) is 10.8. The molecule has 0 fully saturated rings. The van der Waals surface area contributed by atoms with Crippen molar-refractivity contribution in [3.63, 3.8) is 0 Å². The Kier molecular flexibility index (Phi) is 4.26. The summed E-state index contributed by atoms with van der Waals surface area (Å²) in [6.07, 6.45) is 0. The lowest BCUT2D eigenvalue weighted by Gasteiger charge is -2.22. The molecule has 3 nitrogen and oxygen atoms in total. The van der Waals surface area contributed by atoms with Gasteiger partial charge in [0.15, 0.2) is 11.6 Å². The van der Waals surface area contributed by atoms with Gasteiger partial charge in [0.1, 0.15) is 0 Å². The highest BCUT2D eigenvalue weighted by Gasteiger charge is 2.16. The maximum atomic E-state index is 13.6. The van der Waals surface area contributed by atoms with Crippen LogP contribution in [0.25, 0.3) is 0 Å². The zero-order valence-electron chi connectivity index (χ0n) is 11.6. The van der Waals surface area contributed by atoms with E-state index in [-0.39, 0.29) is 5.69 Å². The summed E-state index contributed by atoms with van der Waals surface area (Å²) in [7, 11) is 1.71. The molecule has 112 valence electrons. The molecule has 0 radical (unpaired) electrons. The monoisotopic (exact) mass is 296 g/mol. The molecule has 2 aromatic carbocycles. The number of ether oxygens (including phenoxy) is 1. The molecule has 0 saturated heterocycles. The van der Waals surface area contributed by atoms with E-state index >= 15 is 0 Å². The number of alkyl halides is 2. The predicted molar refractivity (Wildman–Crippen MR) is 76.7 cm³/mol. The van der Waals surface area contributed by atoms with Crippen LogP contribution in [0.5, 0.6) is 5.75 Å². The van der Waals surface area contributed by atoms with Crippen LogP contribution in [-0.2, 0) is 0 Å². The van der Waals surface area contributed by atoms with E-state index in [0.717, 1.165) is 17.3 Å². The highest BCUT2D eigenvalue weighted by molar-refractivity contribution is 5.76. The molecule has 0 aromatic heterocycles. The van der Waals surface area contributed by atoms with Gasteiger partial charge in [0.25, 0.3) is 0 Å². The molecule has 0 heterocycles. The molecule has 6 heteroatoms. The van der Waals surface area contributed by atoms with Gasteiger partial charge in [-0.3, -0.25) is 0 Å². The molecule has 0 aliphatic rings. The topological polar surface area (TPSA) is 38.5 Å². The van der Waals surface area contributed by atoms with E-state index < -0.39 is 18.2 Å². The molecule has 21 heavy (non-hydrogen) atoms. The zero-order chi connectivity index (χ0) is 15.6. The second-order valence-electron chi connectivity index (χ2n) is 4.62. The summed E-state index contributed by atoms with van der Waals surface area (Å²) in [6, 6.07) is 9.66. The third-order valence-corrected chi connectivity index (χ3v) is 3.05. The molecule has 0 spiro atoms.